The Kier molecular flexibility index (Phi) is 4.82. The summed E-state index contributed by atoms with van der Waals surface area (Å²) in [6.45, 7) is 5.61. The number of nitrogens with zero attached hydrogens (tertiary/aromatic N) is 1. The molecule has 6 heteroatoms. The summed E-state index contributed by atoms with van der Waals surface area (Å²) in [7, 11) is 2.90. The Balaban J connectivity index is 2.37. The molecule has 0 aliphatic carbocycles. The highest BCUT2D eigenvalue weighted by Crippen LogP contribution is 2.32. The van der Waals surface area contributed by atoms with Crippen LogP contribution in [0, 0.1) is 0 Å². The second kappa shape index (κ2) is 6.48. The lowest BCUT2D eigenvalue weighted by Gasteiger charge is -2.36. The zero-order valence-electron chi connectivity index (χ0n) is 14.2. The number of carbonyl (C=O) groups excluding carboxylic acids is 2. The van der Waals surface area contributed by atoms with Gasteiger partial charge in [-0.1, -0.05) is 12.1 Å². The lowest BCUT2D eigenvalue weighted by atomic mass is 9.93. The van der Waals surface area contributed by atoms with Gasteiger partial charge >= 0.3 is 12.1 Å². The average molecular weight is 321 g/mol. The molecular formula is C17H23NO5. The predicted molar refractivity (Wildman–Crippen MR) is 84.3 cm³/mol. The summed E-state index contributed by atoms with van der Waals surface area (Å²) >= 11 is 0. The van der Waals surface area contributed by atoms with E-state index in [9.17, 15) is 9.59 Å². The van der Waals surface area contributed by atoms with Gasteiger partial charge < -0.3 is 14.2 Å². The van der Waals surface area contributed by atoms with E-state index in [0.29, 0.717) is 12.2 Å². The van der Waals surface area contributed by atoms with E-state index in [0.717, 1.165) is 11.1 Å². The molecule has 1 heterocycles. The highest BCUT2D eigenvalue weighted by atomic mass is 16.6. The first-order chi connectivity index (χ1) is 10.8. The summed E-state index contributed by atoms with van der Waals surface area (Å²) < 4.78 is 15.6. The molecule has 0 aromatic heterocycles. The van der Waals surface area contributed by atoms with Crippen molar-refractivity contribution in [3.8, 4) is 5.75 Å². The maximum absolute atomic E-state index is 12.5. The lowest BCUT2D eigenvalue weighted by molar-refractivity contribution is -0.147. The van der Waals surface area contributed by atoms with E-state index < -0.39 is 23.7 Å². The van der Waals surface area contributed by atoms with Crippen LogP contribution in [0.2, 0.25) is 0 Å². The third-order valence-electron chi connectivity index (χ3n) is 3.67. The van der Waals surface area contributed by atoms with Crippen LogP contribution >= 0.6 is 0 Å². The molecule has 126 valence electrons. The molecule has 0 N–H and O–H groups in total. The summed E-state index contributed by atoms with van der Waals surface area (Å²) in [6, 6.07) is 4.94. The fourth-order valence-corrected chi connectivity index (χ4v) is 2.63. The van der Waals surface area contributed by atoms with Crippen LogP contribution in [0.1, 0.15) is 31.9 Å². The van der Waals surface area contributed by atoms with Crippen molar-refractivity contribution in [2.45, 2.75) is 45.4 Å². The number of hydrogen-bond acceptors (Lipinski definition) is 5. The van der Waals surface area contributed by atoms with Gasteiger partial charge in [-0.25, -0.2) is 9.59 Å². The maximum atomic E-state index is 12.5. The van der Waals surface area contributed by atoms with E-state index in [4.69, 9.17) is 14.2 Å². The van der Waals surface area contributed by atoms with E-state index >= 15 is 0 Å². The SMILES string of the molecule is COC(=O)C1Cc2cccc(OC)c2CN1C(=O)OC(C)(C)C. The number of methoxy groups -OCH3 is 2. The normalized spacial score (nSPS) is 17.3. The first-order valence-corrected chi connectivity index (χ1v) is 7.49. The first kappa shape index (κ1) is 17.1. The van der Waals surface area contributed by atoms with E-state index in [1.165, 1.54) is 12.0 Å². The standard InChI is InChI=1S/C17H23NO5/c1-17(2,3)23-16(20)18-10-12-11(7-6-8-14(12)21-4)9-13(18)15(19)22-5/h6-8,13H,9-10H2,1-5H3. The maximum Gasteiger partial charge on any atom is 0.411 e. The van der Waals surface area contributed by atoms with E-state index in [-0.39, 0.29) is 6.54 Å². The Morgan fingerprint density at radius 3 is 2.48 bits per heavy atom. The summed E-state index contributed by atoms with van der Waals surface area (Å²) in [5, 5.41) is 0. The van der Waals surface area contributed by atoms with Crippen LogP contribution in [0.15, 0.2) is 18.2 Å². The molecule has 0 saturated carbocycles. The molecule has 1 atom stereocenters. The van der Waals surface area contributed by atoms with Crippen molar-refractivity contribution >= 4 is 12.1 Å². The number of esters is 1. The molecule has 23 heavy (non-hydrogen) atoms. The molecule has 0 spiro atoms. The van der Waals surface area contributed by atoms with Gasteiger partial charge in [-0.3, -0.25) is 4.90 Å². The van der Waals surface area contributed by atoms with Crippen LogP contribution in [-0.4, -0.2) is 42.8 Å². The Bertz CT molecular complexity index is 605. The van der Waals surface area contributed by atoms with Crippen molar-refractivity contribution in [3.05, 3.63) is 29.3 Å². The second-order valence-corrected chi connectivity index (χ2v) is 6.45. The van der Waals surface area contributed by atoms with Gasteiger partial charge in [0.2, 0.25) is 0 Å². The van der Waals surface area contributed by atoms with Crippen molar-refractivity contribution in [1.82, 2.24) is 4.90 Å². The molecule has 1 unspecified atom stereocenters. The van der Waals surface area contributed by atoms with E-state index in [2.05, 4.69) is 0 Å². The van der Waals surface area contributed by atoms with Gasteiger partial charge in [0.25, 0.3) is 0 Å². The largest absolute Gasteiger partial charge is 0.496 e. The molecular weight excluding hydrogens is 298 g/mol. The summed E-state index contributed by atoms with van der Waals surface area (Å²) in [5.41, 5.74) is 1.22. The number of fused-ring (bicyclic) bond motifs is 1. The minimum atomic E-state index is -0.700. The average Bonchev–Trinajstić information content (AvgIpc) is 2.50. The number of carbonyl (C=O) groups is 2. The van der Waals surface area contributed by atoms with Crippen molar-refractivity contribution in [2.75, 3.05) is 14.2 Å². The van der Waals surface area contributed by atoms with Gasteiger partial charge in [-0.15, -0.1) is 0 Å². The highest BCUT2D eigenvalue weighted by Gasteiger charge is 2.38. The van der Waals surface area contributed by atoms with E-state index in [1.54, 1.807) is 27.9 Å². The minimum Gasteiger partial charge on any atom is -0.496 e. The van der Waals surface area contributed by atoms with Crippen molar-refractivity contribution in [1.29, 1.82) is 0 Å². The number of hydrogen-bond donors (Lipinski definition) is 0. The molecule has 1 amide bonds. The van der Waals surface area contributed by atoms with Crippen LogP contribution in [0.3, 0.4) is 0 Å². The lowest BCUT2D eigenvalue weighted by Crippen LogP contribution is -2.50. The number of rotatable bonds is 2. The molecule has 1 aliphatic rings. The fraction of sp³-hybridized carbons (Fsp3) is 0.529. The van der Waals surface area contributed by atoms with Crippen LogP contribution in [0.5, 0.6) is 5.75 Å². The van der Waals surface area contributed by atoms with Gasteiger partial charge in [0.05, 0.1) is 20.8 Å². The molecule has 0 saturated heterocycles. The molecule has 0 bridgehead atoms. The molecule has 0 fully saturated rings. The van der Waals surface area contributed by atoms with Gasteiger partial charge in [0.15, 0.2) is 0 Å². The second-order valence-electron chi connectivity index (χ2n) is 6.45. The molecule has 1 aliphatic heterocycles. The summed E-state index contributed by atoms with van der Waals surface area (Å²) in [4.78, 5) is 26.0. The number of amides is 1. The van der Waals surface area contributed by atoms with Gasteiger partial charge in [0, 0.05) is 12.0 Å². The molecule has 1 aromatic carbocycles. The predicted octanol–water partition coefficient (Wildman–Crippen LogP) is 2.53. The number of benzene rings is 1. The molecule has 6 nitrogen and oxygen atoms in total. The van der Waals surface area contributed by atoms with Crippen molar-refractivity contribution in [3.63, 3.8) is 0 Å². The topological polar surface area (TPSA) is 65.1 Å². The summed E-state index contributed by atoms with van der Waals surface area (Å²) in [6.07, 6.45) is -0.164. The van der Waals surface area contributed by atoms with Crippen LogP contribution in [0.25, 0.3) is 0 Å². The third-order valence-corrected chi connectivity index (χ3v) is 3.67. The summed E-state index contributed by atoms with van der Waals surface area (Å²) in [5.74, 6) is 0.240. The van der Waals surface area contributed by atoms with Crippen LogP contribution in [0.4, 0.5) is 4.79 Å². The fourth-order valence-electron chi connectivity index (χ4n) is 2.63. The quantitative estimate of drug-likeness (QED) is 0.783. The van der Waals surface area contributed by atoms with Crippen molar-refractivity contribution < 1.29 is 23.8 Å². The Morgan fingerprint density at radius 1 is 1.22 bits per heavy atom. The van der Waals surface area contributed by atoms with Gasteiger partial charge in [-0.05, 0) is 32.4 Å². The zero-order chi connectivity index (χ0) is 17.2. The van der Waals surface area contributed by atoms with Crippen LogP contribution < -0.4 is 4.74 Å². The highest BCUT2D eigenvalue weighted by molar-refractivity contribution is 5.82. The molecule has 2 rings (SSSR count). The van der Waals surface area contributed by atoms with Crippen LogP contribution in [-0.2, 0) is 27.2 Å². The number of ether oxygens (including phenoxy) is 3. The van der Waals surface area contributed by atoms with Gasteiger partial charge in [-0.2, -0.15) is 0 Å². The first-order valence-electron chi connectivity index (χ1n) is 7.49. The smallest absolute Gasteiger partial charge is 0.411 e. The van der Waals surface area contributed by atoms with E-state index in [1.807, 2.05) is 18.2 Å². The van der Waals surface area contributed by atoms with Crippen molar-refractivity contribution in [2.24, 2.45) is 0 Å². The zero-order valence-corrected chi connectivity index (χ0v) is 14.2. The van der Waals surface area contributed by atoms with Gasteiger partial charge in [0.1, 0.15) is 17.4 Å². The molecule has 1 aromatic rings. The minimum absolute atomic E-state index is 0.244. The monoisotopic (exact) mass is 321 g/mol. The third kappa shape index (κ3) is 3.75. The Labute approximate surface area is 136 Å². The Hall–Kier alpha value is -2.24. The Morgan fingerprint density at radius 2 is 1.91 bits per heavy atom. The molecule has 0 radical (unpaired) electrons.